The smallest absolute Gasteiger partial charge is 0.407 e. The van der Waals surface area contributed by atoms with Gasteiger partial charge in [-0.05, 0) is 36.8 Å². The number of carbonyl (C=O) groups is 1. The van der Waals surface area contributed by atoms with Crippen molar-refractivity contribution in [1.82, 2.24) is 10.3 Å². The van der Waals surface area contributed by atoms with Crippen molar-refractivity contribution >= 4 is 17.4 Å². The topological polar surface area (TPSA) is 77.2 Å². The van der Waals surface area contributed by atoms with Gasteiger partial charge in [-0.2, -0.15) is 0 Å². The van der Waals surface area contributed by atoms with Gasteiger partial charge in [-0.1, -0.05) is 60.7 Å². The first kappa shape index (κ1) is 21.0. The summed E-state index contributed by atoms with van der Waals surface area (Å²) < 4.78 is 5.32. The van der Waals surface area contributed by atoms with Crippen LogP contribution in [0.4, 0.5) is 4.79 Å². The summed E-state index contributed by atoms with van der Waals surface area (Å²) in [5, 5.41) is 5.65. The van der Waals surface area contributed by atoms with Crippen LogP contribution in [0.2, 0.25) is 0 Å². The zero-order chi connectivity index (χ0) is 20.3. The van der Waals surface area contributed by atoms with Gasteiger partial charge in [0.25, 0.3) is 0 Å². The van der Waals surface area contributed by atoms with Gasteiger partial charge in [0.1, 0.15) is 11.6 Å². The van der Waals surface area contributed by atoms with Crippen molar-refractivity contribution in [1.29, 1.82) is 0 Å². The van der Waals surface area contributed by atoms with E-state index in [1.165, 1.54) is 22.5 Å². The molecule has 2 aromatic carbocycles. The van der Waals surface area contributed by atoms with Crippen LogP contribution in [0.15, 0.2) is 72.2 Å². The number of ether oxygens (including phenoxy) is 1. The van der Waals surface area contributed by atoms with Crippen LogP contribution in [0.3, 0.4) is 0 Å². The summed E-state index contributed by atoms with van der Waals surface area (Å²) in [6, 6.07) is 20.4. The third-order valence-corrected chi connectivity index (χ3v) is 5.44. The average Bonchev–Trinajstić information content (AvgIpc) is 3.26. The van der Waals surface area contributed by atoms with Gasteiger partial charge in [-0.15, -0.1) is 11.3 Å². The molecule has 29 heavy (non-hydrogen) atoms. The molecule has 0 saturated heterocycles. The highest BCUT2D eigenvalue weighted by molar-refractivity contribution is 7.09. The number of nitrogens with two attached hydrogens (primary N) is 1. The Hall–Kier alpha value is -2.70. The standard InChI is InChI=1S/C23H27N3O2S/c24-20(15-18-7-3-1-4-8-18)11-12-21(16-19-9-5-2-6-10-19)26-23(27)28-17-22-25-13-14-29-22/h1-10,13-14,20-21H,11-12,15-17,24H2,(H,26,27)/t20-,21-/m1/s1. The maximum atomic E-state index is 12.3. The summed E-state index contributed by atoms with van der Waals surface area (Å²) in [5.41, 5.74) is 8.76. The number of carbonyl (C=O) groups excluding carboxylic acids is 1. The largest absolute Gasteiger partial charge is 0.442 e. The van der Waals surface area contributed by atoms with Crippen LogP contribution in [-0.2, 0) is 24.2 Å². The van der Waals surface area contributed by atoms with Crippen molar-refractivity contribution < 1.29 is 9.53 Å². The normalized spacial score (nSPS) is 12.9. The fraction of sp³-hybridized carbons (Fsp3) is 0.304. The fourth-order valence-electron chi connectivity index (χ4n) is 3.22. The lowest BCUT2D eigenvalue weighted by molar-refractivity contribution is 0.134. The number of benzene rings is 2. The summed E-state index contributed by atoms with van der Waals surface area (Å²) in [4.78, 5) is 16.4. The van der Waals surface area contributed by atoms with Crippen molar-refractivity contribution in [3.05, 3.63) is 88.4 Å². The van der Waals surface area contributed by atoms with Gasteiger partial charge in [0.05, 0.1) is 0 Å². The molecule has 6 heteroatoms. The molecule has 0 aliphatic rings. The van der Waals surface area contributed by atoms with Crippen LogP contribution in [-0.4, -0.2) is 23.2 Å². The second kappa shape index (κ2) is 11.3. The van der Waals surface area contributed by atoms with Gasteiger partial charge in [0, 0.05) is 23.7 Å². The van der Waals surface area contributed by atoms with Crippen LogP contribution in [0.25, 0.3) is 0 Å². The summed E-state index contributed by atoms with van der Waals surface area (Å²) in [6.45, 7) is 0.190. The minimum atomic E-state index is -0.419. The molecule has 0 bridgehead atoms. The van der Waals surface area contributed by atoms with Gasteiger partial charge in [0.15, 0.2) is 0 Å². The zero-order valence-corrected chi connectivity index (χ0v) is 17.2. The van der Waals surface area contributed by atoms with E-state index in [9.17, 15) is 4.79 Å². The maximum absolute atomic E-state index is 12.3. The first-order chi connectivity index (χ1) is 14.2. The Morgan fingerprint density at radius 1 is 1.00 bits per heavy atom. The van der Waals surface area contributed by atoms with E-state index in [1.807, 2.05) is 41.8 Å². The van der Waals surface area contributed by atoms with E-state index in [0.29, 0.717) is 0 Å². The Morgan fingerprint density at radius 3 is 2.28 bits per heavy atom. The second-order valence-corrected chi connectivity index (χ2v) is 8.04. The minimum absolute atomic E-state index is 0.0389. The molecule has 5 nitrogen and oxygen atoms in total. The number of alkyl carbamates (subject to hydrolysis) is 1. The van der Waals surface area contributed by atoms with Gasteiger partial charge in [0.2, 0.25) is 0 Å². The van der Waals surface area contributed by atoms with E-state index in [-0.39, 0.29) is 18.7 Å². The van der Waals surface area contributed by atoms with Crippen LogP contribution in [0, 0.1) is 0 Å². The Morgan fingerprint density at radius 2 is 1.66 bits per heavy atom. The number of hydrogen-bond donors (Lipinski definition) is 2. The number of hydrogen-bond acceptors (Lipinski definition) is 5. The molecule has 1 aromatic heterocycles. The summed E-state index contributed by atoms with van der Waals surface area (Å²) in [6.07, 6.45) is 4.46. The monoisotopic (exact) mass is 409 g/mol. The Kier molecular flexibility index (Phi) is 8.22. The third kappa shape index (κ3) is 7.68. The molecular weight excluding hydrogens is 382 g/mol. The number of rotatable bonds is 10. The predicted molar refractivity (Wildman–Crippen MR) is 117 cm³/mol. The first-order valence-electron chi connectivity index (χ1n) is 9.84. The van der Waals surface area contributed by atoms with E-state index in [4.69, 9.17) is 10.5 Å². The predicted octanol–water partition coefficient (Wildman–Crippen LogP) is 4.33. The zero-order valence-electron chi connectivity index (χ0n) is 16.4. The molecule has 2 atom stereocenters. The maximum Gasteiger partial charge on any atom is 0.407 e. The molecule has 0 spiro atoms. The molecule has 152 valence electrons. The van der Waals surface area contributed by atoms with E-state index in [0.717, 1.165) is 30.7 Å². The fourth-order valence-corrected chi connectivity index (χ4v) is 3.75. The van der Waals surface area contributed by atoms with Gasteiger partial charge in [-0.25, -0.2) is 9.78 Å². The van der Waals surface area contributed by atoms with Crippen molar-refractivity contribution in [2.45, 2.75) is 44.4 Å². The quantitative estimate of drug-likeness (QED) is 0.522. The number of amides is 1. The average molecular weight is 410 g/mol. The lowest BCUT2D eigenvalue weighted by atomic mass is 9.96. The van der Waals surface area contributed by atoms with Gasteiger partial charge in [-0.3, -0.25) is 0 Å². The molecule has 0 fully saturated rings. The molecule has 3 N–H and O–H groups in total. The molecule has 3 rings (SSSR count). The Balaban J connectivity index is 1.52. The Bertz CT molecular complexity index is 841. The Labute approximate surface area is 175 Å². The summed E-state index contributed by atoms with van der Waals surface area (Å²) in [5.74, 6) is 0. The van der Waals surface area contributed by atoms with E-state index >= 15 is 0 Å². The van der Waals surface area contributed by atoms with E-state index < -0.39 is 6.09 Å². The number of aromatic nitrogens is 1. The molecule has 0 radical (unpaired) electrons. The number of thiazole rings is 1. The molecule has 3 aromatic rings. The molecule has 0 saturated carbocycles. The van der Waals surface area contributed by atoms with E-state index in [2.05, 4.69) is 34.6 Å². The highest BCUT2D eigenvalue weighted by Crippen LogP contribution is 2.12. The lowest BCUT2D eigenvalue weighted by Gasteiger charge is -2.21. The van der Waals surface area contributed by atoms with Crippen LogP contribution >= 0.6 is 11.3 Å². The lowest BCUT2D eigenvalue weighted by Crippen LogP contribution is -2.38. The summed E-state index contributed by atoms with van der Waals surface area (Å²) in [7, 11) is 0. The number of nitrogens with zero attached hydrogens (tertiary/aromatic N) is 1. The van der Waals surface area contributed by atoms with Crippen molar-refractivity contribution in [3.8, 4) is 0 Å². The van der Waals surface area contributed by atoms with Crippen molar-refractivity contribution in [3.63, 3.8) is 0 Å². The van der Waals surface area contributed by atoms with Crippen LogP contribution in [0.1, 0.15) is 29.0 Å². The summed E-state index contributed by atoms with van der Waals surface area (Å²) >= 11 is 1.47. The second-order valence-electron chi connectivity index (χ2n) is 7.06. The van der Waals surface area contributed by atoms with Crippen LogP contribution in [0.5, 0.6) is 0 Å². The molecule has 1 amide bonds. The van der Waals surface area contributed by atoms with Gasteiger partial charge >= 0.3 is 6.09 Å². The van der Waals surface area contributed by atoms with Crippen LogP contribution < -0.4 is 11.1 Å². The highest BCUT2D eigenvalue weighted by atomic mass is 32.1. The molecule has 0 unspecified atom stereocenters. The van der Waals surface area contributed by atoms with Crippen molar-refractivity contribution in [2.75, 3.05) is 0 Å². The SMILES string of the molecule is N[C@H](CC[C@H](Cc1ccccc1)NC(=O)OCc1nccs1)Cc1ccccc1. The highest BCUT2D eigenvalue weighted by Gasteiger charge is 2.16. The van der Waals surface area contributed by atoms with E-state index in [1.54, 1.807) is 6.20 Å². The third-order valence-electron chi connectivity index (χ3n) is 4.68. The van der Waals surface area contributed by atoms with Crippen molar-refractivity contribution in [2.24, 2.45) is 5.73 Å². The number of nitrogens with one attached hydrogen (secondary N) is 1. The van der Waals surface area contributed by atoms with Gasteiger partial charge < -0.3 is 15.8 Å². The molecular formula is C23H27N3O2S. The first-order valence-corrected chi connectivity index (χ1v) is 10.7. The molecule has 0 aliphatic carbocycles. The molecule has 0 aliphatic heterocycles. The molecule has 1 heterocycles. The minimum Gasteiger partial charge on any atom is -0.442 e.